The van der Waals surface area contributed by atoms with Crippen LogP contribution in [0.3, 0.4) is 0 Å². The number of carbonyl (C=O) groups is 1. The van der Waals surface area contributed by atoms with Gasteiger partial charge in [-0.25, -0.2) is 14.8 Å². The van der Waals surface area contributed by atoms with E-state index in [1.165, 1.54) is 12.1 Å². The third-order valence-corrected chi connectivity index (χ3v) is 4.11. The summed E-state index contributed by atoms with van der Waals surface area (Å²) in [5, 5.41) is 10.3. The number of carboxylic acid groups (broad SMARTS) is 1. The van der Waals surface area contributed by atoms with Crippen molar-refractivity contribution in [1.82, 2.24) is 9.97 Å². The minimum atomic E-state index is -1.05. The van der Waals surface area contributed by atoms with Gasteiger partial charge in [0, 0.05) is 6.20 Å². The van der Waals surface area contributed by atoms with E-state index in [0.717, 1.165) is 16.2 Å². The zero-order chi connectivity index (χ0) is 13.1. The molecule has 0 atom stereocenters. The van der Waals surface area contributed by atoms with Gasteiger partial charge >= 0.3 is 5.97 Å². The Labute approximate surface area is 121 Å². The van der Waals surface area contributed by atoms with Gasteiger partial charge in [0.2, 0.25) is 0 Å². The summed E-state index contributed by atoms with van der Waals surface area (Å²) in [5.74, 6) is -1.05. The van der Waals surface area contributed by atoms with Gasteiger partial charge in [-0.2, -0.15) is 0 Å². The highest BCUT2D eigenvalue weighted by atomic mass is 79.9. The van der Waals surface area contributed by atoms with Crippen molar-refractivity contribution in [3.63, 3.8) is 0 Å². The Morgan fingerprint density at radius 1 is 1.33 bits per heavy atom. The van der Waals surface area contributed by atoms with Gasteiger partial charge in [-0.1, -0.05) is 11.6 Å². The lowest BCUT2D eigenvalue weighted by Gasteiger charge is -2.05. The fourth-order valence-electron chi connectivity index (χ4n) is 1.20. The first-order valence-electron chi connectivity index (χ1n) is 4.76. The number of rotatable bonds is 3. The molecule has 0 aliphatic rings. The van der Waals surface area contributed by atoms with Gasteiger partial charge in [0.15, 0.2) is 0 Å². The number of halogens is 2. The van der Waals surface area contributed by atoms with Crippen molar-refractivity contribution in [2.75, 3.05) is 0 Å². The zero-order valence-electron chi connectivity index (χ0n) is 8.80. The van der Waals surface area contributed by atoms with Crippen molar-refractivity contribution in [2.24, 2.45) is 0 Å². The molecule has 0 bridgehead atoms. The van der Waals surface area contributed by atoms with Crippen LogP contribution >= 0.6 is 39.3 Å². The SMILES string of the molecule is O=C(O)c1ccc(Cl)nc1Sc1ncccc1Br. The van der Waals surface area contributed by atoms with Crippen molar-refractivity contribution < 1.29 is 9.90 Å². The van der Waals surface area contributed by atoms with Crippen molar-refractivity contribution >= 4 is 45.3 Å². The largest absolute Gasteiger partial charge is 0.478 e. The van der Waals surface area contributed by atoms with E-state index in [1.54, 1.807) is 12.3 Å². The number of pyridine rings is 2. The van der Waals surface area contributed by atoms with Crippen LogP contribution in [0, 0.1) is 0 Å². The molecular formula is C11H6BrClN2O2S. The van der Waals surface area contributed by atoms with Crippen molar-refractivity contribution in [1.29, 1.82) is 0 Å². The van der Waals surface area contributed by atoms with Crippen LogP contribution in [-0.4, -0.2) is 21.0 Å². The van der Waals surface area contributed by atoms with E-state index in [0.29, 0.717) is 10.1 Å². The molecule has 4 nitrogen and oxygen atoms in total. The Hall–Kier alpha value is -1.11. The van der Waals surface area contributed by atoms with Crippen molar-refractivity contribution in [3.8, 4) is 0 Å². The highest BCUT2D eigenvalue weighted by molar-refractivity contribution is 9.10. The van der Waals surface area contributed by atoms with Crippen LogP contribution in [0.4, 0.5) is 0 Å². The van der Waals surface area contributed by atoms with E-state index < -0.39 is 5.97 Å². The molecule has 0 spiro atoms. The molecule has 2 heterocycles. The van der Waals surface area contributed by atoms with Crippen LogP contribution in [0.15, 0.2) is 45.0 Å². The van der Waals surface area contributed by atoms with E-state index in [9.17, 15) is 4.79 Å². The molecule has 0 aliphatic heterocycles. The molecular weight excluding hydrogens is 340 g/mol. The van der Waals surface area contributed by atoms with Crippen molar-refractivity contribution in [2.45, 2.75) is 10.1 Å². The fraction of sp³-hybridized carbons (Fsp3) is 0. The lowest BCUT2D eigenvalue weighted by molar-refractivity contribution is 0.0692. The minimum absolute atomic E-state index is 0.0990. The maximum absolute atomic E-state index is 11.1. The maximum Gasteiger partial charge on any atom is 0.338 e. The summed E-state index contributed by atoms with van der Waals surface area (Å²) in [6.45, 7) is 0. The summed E-state index contributed by atoms with van der Waals surface area (Å²) in [6.07, 6.45) is 1.62. The summed E-state index contributed by atoms with van der Waals surface area (Å²) in [6, 6.07) is 6.47. The molecule has 0 saturated heterocycles. The second kappa shape index (κ2) is 5.69. The Balaban J connectivity index is 2.42. The molecule has 2 aromatic heterocycles. The van der Waals surface area contributed by atoms with Gasteiger partial charge in [0.25, 0.3) is 0 Å². The Morgan fingerprint density at radius 3 is 2.78 bits per heavy atom. The van der Waals surface area contributed by atoms with Crippen molar-refractivity contribution in [3.05, 3.63) is 45.7 Å². The average molecular weight is 346 g/mol. The molecule has 0 fully saturated rings. The topological polar surface area (TPSA) is 63.1 Å². The molecule has 18 heavy (non-hydrogen) atoms. The summed E-state index contributed by atoms with van der Waals surface area (Å²) in [5.41, 5.74) is 0.0990. The van der Waals surface area contributed by atoms with E-state index in [4.69, 9.17) is 16.7 Å². The van der Waals surface area contributed by atoms with Gasteiger partial charge in [-0.3, -0.25) is 0 Å². The van der Waals surface area contributed by atoms with Gasteiger partial charge in [-0.15, -0.1) is 0 Å². The number of aromatic nitrogens is 2. The van der Waals surface area contributed by atoms with Crippen LogP contribution in [0.2, 0.25) is 5.15 Å². The molecule has 0 saturated carbocycles. The predicted octanol–water partition coefficient (Wildman–Crippen LogP) is 3.74. The quantitative estimate of drug-likeness (QED) is 0.859. The third-order valence-electron chi connectivity index (χ3n) is 1.97. The van der Waals surface area contributed by atoms with Crippen LogP contribution in [0.1, 0.15) is 10.4 Å². The second-order valence-electron chi connectivity index (χ2n) is 3.18. The van der Waals surface area contributed by atoms with E-state index in [-0.39, 0.29) is 10.7 Å². The molecule has 0 aliphatic carbocycles. The lowest BCUT2D eigenvalue weighted by Crippen LogP contribution is -2.01. The molecule has 2 aromatic rings. The smallest absolute Gasteiger partial charge is 0.338 e. The first kappa shape index (κ1) is 13.3. The van der Waals surface area contributed by atoms with Crippen LogP contribution in [-0.2, 0) is 0 Å². The highest BCUT2D eigenvalue weighted by Gasteiger charge is 2.15. The van der Waals surface area contributed by atoms with E-state index in [1.807, 2.05) is 6.07 Å². The number of carboxylic acids is 1. The summed E-state index contributed by atoms with van der Waals surface area (Å²) in [7, 11) is 0. The average Bonchev–Trinajstić information content (AvgIpc) is 2.32. The van der Waals surface area contributed by atoms with Gasteiger partial charge in [-0.05, 0) is 52.0 Å². The Morgan fingerprint density at radius 2 is 2.11 bits per heavy atom. The second-order valence-corrected chi connectivity index (χ2v) is 5.40. The number of aromatic carboxylic acids is 1. The number of hydrogen-bond acceptors (Lipinski definition) is 4. The molecule has 92 valence electrons. The highest BCUT2D eigenvalue weighted by Crippen LogP contribution is 2.33. The molecule has 0 radical (unpaired) electrons. The molecule has 2 rings (SSSR count). The van der Waals surface area contributed by atoms with Gasteiger partial charge in [0.05, 0.1) is 10.0 Å². The zero-order valence-corrected chi connectivity index (χ0v) is 12.0. The number of hydrogen-bond donors (Lipinski definition) is 1. The third kappa shape index (κ3) is 3.01. The van der Waals surface area contributed by atoms with Crippen LogP contribution in [0.25, 0.3) is 0 Å². The van der Waals surface area contributed by atoms with E-state index >= 15 is 0 Å². The summed E-state index contributed by atoms with van der Waals surface area (Å²) < 4.78 is 0.771. The lowest BCUT2D eigenvalue weighted by atomic mass is 10.3. The summed E-state index contributed by atoms with van der Waals surface area (Å²) >= 11 is 10.3. The van der Waals surface area contributed by atoms with Gasteiger partial charge < -0.3 is 5.11 Å². The van der Waals surface area contributed by atoms with Gasteiger partial charge in [0.1, 0.15) is 15.2 Å². The van der Waals surface area contributed by atoms with Crippen LogP contribution in [0.5, 0.6) is 0 Å². The monoisotopic (exact) mass is 344 g/mol. The minimum Gasteiger partial charge on any atom is -0.478 e. The molecule has 0 amide bonds. The first-order valence-corrected chi connectivity index (χ1v) is 6.75. The normalized spacial score (nSPS) is 10.3. The predicted molar refractivity (Wildman–Crippen MR) is 72.3 cm³/mol. The molecule has 0 unspecified atom stereocenters. The Bertz CT molecular complexity index is 609. The van der Waals surface area contributed by atoms with E-state index in [2.05, 4.69) is 25.9 Å². The molecule has 7 heteroatoms. The fourth-order valence-corrected chi connectivity index (χ4v) is 2.76. The van der Waals surface area contributed by atoms with Crippen LogP contribution < -0.4 is 0 Å². The molecule has 1 N–H and O–H groups in total. The maximum atomic E-state index is 11.1. The number of nitrogens with zero attached hydrogens (tertiary/aromatic N) is 2. The Kier molecular flexibility index (Phi) is 4.21. The first-order chi connectivity index (χ1) is 8.58. The summed E-state index contributed by atoms with van der Waals surface area (Å²) in [4.78, 5) is 19.2. The standard InChI is InChI=1S/C11H6BrClN2O2S/c12-7-2-1-5-14-10(7)18-9-6(11(16)17)3-4-8(13)15-9/h1-5H,(H,16,17). The molecule has 0 aromatic carbocycles.